The highest BCUT2D eigenvalue weighted by atomic mass is 16.3. The zero-order valence-corrected chi connectivity index (χ0v) is 16.8. The van der Waals surface area contributed by atoms with Crippen molar-refractivity contribution in [2.75, 3.05) is 6.54 Å². The SMILES string of the molecule is OC(c1ccccc1)(c1ccccc1)[C@H](c1ccccc1)N1CC[C@@H]2CCC[C@@H]21. The van der Waals surface area contributed by atoms with Gasteiger partial charge in [-0.15, -0.1) is 0 Å². The normalized spacial score (nSPS) is 23.1. The summed E-state index contributed by atoms with van der Waals surface area (Å²) in [6.07, 6.45) is 5.13. The molecule has 0 bridgehead atoms. The second kappa shape index (κ2) is 7.78. The van der Waals surface area contributed by atoms with E-state index < -0.39 is 5.60 Å². The zero-order valence-electron chi connectivity index (χ0n) is 16.8. The number of benzene rings is 3. The van der Waals surface area contributed by atoms with E-state index in [1.165, 1.54) is 31.2 Å². The third kappa shape index (κ3) is 3.21. The van der Waals surface area contributed by atoms with Crippen LogP contribution in [0.4, 0.5) is 0 Å². The van der Waals surface area contributed by atoms with Crippen molar-refractivity contribution in [1.29, 1.82) is 0 Å². The molecular formula is C27H29NO. The molecule has 1 heterocycles. The van der Waals surface area contributed by atoms with Crippen molar-refractivity contribution in [3.63, 3.8) is 0 Å². The van der Waals surface area contributed by atoms with Gasteiger partial charge >= 0.3 is 0 Å². The minimum atomic E-state index is -1.11. The van der Waals surface area contributed by atoms with Crippen LogP contribution in [-0.4, -0.2) is 22.6 Å². The molecule has 2 aliphatic rings. The van der Waals surface area contributed by atoms with Crippen molar-refractivity contribution >= 4 is 0 Å². The Morgan fingerprint density at radius 1 is 0.724 bits per heavy atom. The van der Waals surface area contributed by atoms with Crippen molar-refractivity contribution in [2.45, 2.75) is 43.4 Å². The van der Waals surface area contributed by atoms with E-state index in [0.717, 1.165) is 23.6 Å². The Morgan fingerprint density at radius 2 is 1.28 bits per heavy atom. The first-order valence-corrected chi connectivity index (χ1v) is 10.9. The summed E-state index contributed by atoms with van der Waals surface area (Å²) in [4.78, 5) is 2.62. The summed E-state index contributed by atoms with van der Waals surface area (Å²) in [7, 11) is 0. The molecule has 0 spiro atoms. The number of likely N-dealkylation sites (tertiary alicyclic amines) is 1. The maximum absolute atomic E-state index is 12.6. The van der Waals surface area contributed by atoms with Crippen molar-refractivity contribution in [3.8, 4) is 0 Å². The molecule has 1 saturated carbocycles. The lowest BCUT2D eigenvalue weighted by Crippen LogP contribution is -2.47. The Morgan fingerprint density at radius 3 is 1.86 bits per heavy atom. The monoisotopic (exact) mass is 383 g/mol. The largest absolute Gasteiger partial charge is 0.378 e. The predicted molar refractivity (Wildman–Crippen MR) is 118 cm³/mol. The minimum absolute atomic E-state index is 0.110. The van der Waals surface area contributed by atoms with Gasteiger partial charge in [-0.25, -0.2) is 0 Å². The fourth-order valence-corrected chi connectivity index (χ4v) is 5.77. The van der Waals surface area contributed by atoms with E-state index >= 15 is 0 Å². The lowest BCUT2D eigenvalue weighted by molar-refractivity contribution is -0.0300. The van der Waals surface area contributed by atoms with E-state index in [9.17, 15) is 5.11 Å². The van der Waals surface area contributed by atoms with Crippen molar-refractivity contribution < 1.29 is 5.11 Å². The number of fused-ring (bicyclic) bond motifs is 1. The van der Waals surface area contributed by atoms with Gasteiger partial charge in [-0.3, -0.25) is 4.90 Å². The zero-order chi connectivity index (χ0) is 19.7. The molecule has 0 radical (unpaired) electrons. The molecular weight excluding hydrogens is 354 g/mol. The molecule has 0 amide bonds. The molecule has 2 fully saturated rings. The quantitative estimate of drug-likeness (QED) is 0.625. The molecule has 3 aromatic carbocycles. The van der Waals surface area contributed by atoms with Crippen LogP contribution in [0.3, 0.4) is 0 Å². The van der Waals surface area contributed by atoms with Gasteiger partial charge in [0.05, 0.1) is 6.04 Å². The number of rotatable bonds is 5. The van der Waals surface area contributed by atoms with E-state index in [0.29, 0.717) is 6.04 Å². The Labute approximate surface area is 173 Å². The predicted octanol–water partition coefficient (Wildman–Crippen LogP) is 5.54. The average Bonchev–Trinajstić information content (AvgIpc) is 3.41. The topological polar surface area (TPSA) is 23.5 Å². The highest BCUT2D eigenvalue weighted by Gasteiger charge is 2.50. The second-order valence-corrected chi connectivity index (χ2v) is 8.60. The van der Waals surface area contributed by atoms with Gasteiger partial charge < -0.3 is 5.11 Å². The fourth-order valence-electron chi connectivity index (χ4n) is 5.77. The minimum Gasteiger partial charge on any atom is -0.378 e. The van der Waals surface area contributed by atoms with E-state index in [4.69, 9.17) is 0 Å². The van der Waals surface area contributed by atoms with E-state index in [1.807, 2.05) is 36.4 Å². The van der Waals surface area contributed by atoms with Crippen molar-refractivity contribution in [3.05, 3.63) is 108 Å². The number of hydrogen-bond donors (Lipinski definition) is 1. The number of hydrogen-bond acceptors (Lipinski definition) is 2. The summed E-state index contributed by atoms with van der Waals surface area (Å²) in [6, 6.07) is 31.6. The molecule has 0 unspecified atom stereocenters. The van der Waals surface area contributed by atoms with Gasteiger partial charge in [0, 0.05) is 6.04 Å². The van der Waals surface area contributed by atoms with Crippen LogP contribution in [0.2, 0.25) is 0 Å². The summed E-state index contributed by atoms with van der Waals surface area (Å²) in [5.41, 5.74) is 2.00. The number of aliphatic hydroxyl groups is 1. The van der Waals surface area contributed by atoms with Crippen LogP contribution in [0, 0.1) is 5.92 Å². The average molecular weight is 384 g/mol. The van der Waals surface area contributed by atoms with Gasteiger partial charge in [-0.1, -0.05) is 97.4 Å². The first kappa shape index (κ1) is 18.6. The van der Waals surface area contributed by atoms with Crippen LogP contribution in [-0.2, 0) is 5.60 Å². The molecule has 1 aliphatic heterocycles. The van der Waals surface area contributed by atoms with Gasteiger partial charge in [0.2, 0.25) is 0 Å². The lowest BCUT2D eigenvalue weighted by atomic mass is 9.76. The standard InChI is InChI=1S/C27H29NO/c29-27(23-14-6-2-7-15-23,24-16-8-3-9-17-24)26(22-11-4-1-5-12-22)28-20-19-21-13-10-18-25(21)28/h1-9,11-12,14-17,21,25-26,29H,10,13,18-20H2/t21-,25-,26-/m0/s1. The van der Waals surface area contributed by atoms with Crippen molar-refractivity contribution in [1.82, 2.24) is 4.90 Å². The summed E-state index contributed by atoms with van der Waals surface area (Å²) >= 11 is 0. The Kier molecular flexibility index (Phi) is 4.99. The van der Waals surface area contributed by atoms with Gasteiger partial charge in [0.1, 0.15) is 5.60 Å². The van der Waals surface area contributed by atoms with Crippen LogP contribution in [0.1, 0.15) is 48.4 Å². The molecule has 0 aromatic heterocycles. The van der Waals surface area contributed by atoms with Crippen LogP contribution in [0.5, 0.6) is 0 Å². The maximum atomic E-state index is 12.6. The van der Waals surface area contributed by atoms with E-state index in [-0.39, 0.29) is 6.04 Å². The Balaban J connectivity index is 1.71. The van der Waals surface area contributed by atoms with Gasteiger partial charge in [0.25, 0.3) is 0 Å². The molecule has 3 atom stereocenters. The molecule has 5 rings (SSSR count). The third-order valence-electron chi connectivity index (χ3n) is 7.07. The molecule has 2 heteroatoms. The van der Waals surface area contributed by atoms with Gasteiger partial charge in [0.15, 0.2) is 0 Å². The number of nitrogens with zero attached hydrogens (tertiary/aromatic N) is 1. The van der Waals surface area contributed by atoms with E-state index in [1.54, 1.807) is 0 Å². The highest BCUT2D eigenvalue weighted by molar-refractivity contribution is 5.42. The summed E-state index contributed by atoms with van der Waals surface area (Å²) in [5, 5.41) is 12.6. The molecule has 3 aromatic rings. The van der Waals surface area contributed by atoms with Crippen molar-refractivity contribution in [2.24, 2.45) is 5.92 Å². The van der Waals surface area contributed by atoms with Gasteiger partial charge in [-0.05, 0) is 48.4 Å². The first-order chi connectivity index (χ1) is 14.3. The molecule has 1 saturated heterocycles. The molecule has 29 heavy (non-hydrogen) atoms. The first-order valence-electron chi connectivity index (χ1n) is 10.9. The fraction of sp³-hybridized carbons (Fsp3) is 0.333. The Bertz CT molecular complexity index is 885. The molecule has 148 valence electrons. The van der Waals surface area contributed by atoms with Crippen LogP contribution < -0.4 is 0 Å². The maximum Gasteiger partial charge on any atom is 0.134 e. The molecule has 1 N–H and O–H groups in total. The van der Waals surface area contributed by atoms with Crippen LogP contribution in [0.25, 0.3) is 0 Å². The van der Waals surface area contributed by atoms with Crippen LogP contribution >= 0.6 is 0 Å². The highest BCUT2D eigenvalue weighted by Crippen LogP contribution is 2.50. The summed E-state index contributed by atoms with van der Waals surface area (Å²) in [5.74, 6) is 0.775. The third-order valence-corrected chi connectivity index (χ3v) is 7.07. The lowest BCUT2D eigenvalue weighted by Gasteiger charge is -2.45. The summed E-state index contributed by atoms with van der Waals surface area (Å²) < 4.78 is 0. The molecule has 2 nitrogen and oxygen atoms in total. The summed E-state index contributed by atoms with van der Waals surface area (Å²) in [6.45, 7) is 1.05. The van der Waals surface area contributed by atoms with Gasteiger partial charge in [-0.2, -0.15) is 0 Å². The smallest absolute Gasteiger partial charge is 0.134 e. The molecule has 1 aliphatic carbocycles. The second-order valence-electron chi connectivity index (χ2n) is 8.60. The Hall–Kier alpha value is -2.42. The van der Waals surface area contributed by atoms with Crippen LogP contribution in [0.15, 0.2) is 91.0 Å². The van der Waals surface area contributed by atoms with E-state index in [2.05, 4.69) is 59.5 Å².